The van der Waals surface area contributed by atoms with Gasteiger partial charge in [0.2, 0.25) is 0 Å². The fourth-order valence-electron chi connectivity index (χ4n) is 3.22. The van der Waals surface area contributed by atoms with E-state index in [0.717, 1.165) is 11.3 Å². The average molecular weight is 645 g/mol. The second kappa shape index (κ2) is 17.0. The fraction of sp³-hybridized carbons (Fsp3) is 0.600. The minimum absolute atomic E-state index is 0. The van der Waals surface area contributed by atoms with E-state index in [1.165, 1.54) is 0 Å². The highest BCUT2D eigenvalue weighted by Gasteiger charge is 2.58. The van der Waals surface area contributed by atoms with Gasteiger partial charge < -0.3 is 45.4 Å². The van der Waals surface area contributed by atoms with Crippen molar-refractivity contribution in [2.45, 2.75) is 36.8 Å². The highest BCUT2D eigenvalue weighted by molar-refractivity contribution is 7.72. The minimum Gasteiger partial charge on any atom is -0.454 e. The number of benzene rings is 1. The van der Waals surface area contributed by atoms with Gasteiger partial charge in [0.15, 0.2) is 6.61 Å². The minimum atomic E-state index is -5.52. The van der Waals surface area contributed by atoms with Crippen LogP contribution in [0.3, 0.4) is 0 Å². The third-order valence-electron chi connectivity index (χ3n) is 5.31. The zero-order valence-corrected chi connectivity index (χ0v) is 24.4. The zero-order valence-electron chi connectivity index (χ0n) is 20.3. The van der Waals surface area contributed by atoms with Crippen molar-refractivity contribution in [2.75, 3.05) is 42.9 Å². The molecular formula is C20H34Cl3N3O10P2. The molecule has 0 aliphatic carbocycles. The van der Waals surface area contributed by atoms with Gasteiger partial charge in [0.25, 0.3) is 11.0 Å². The summed E-state index contributed by atoms with van der Waals surface area (Å²) in [5, 5.41) is 8.66. The molecule has 0 unspecified atom stereocenters. The summed E-state index contributed by atoms with van der Waals surface area (Å²) in [5.74, 6) is -0.582. The Balaban J connectivity index is 0.0000137. The molecule has 1 rings (SSSR count). The third-order valence-corrected chi connectivity index (χ3v) is 9.52. The van der Waals surface area contributed by atoms with E-state index in [9.17, 15) is 23.8 Å². The van der Waals surface area contributed by atoms with Gasteiger partial charge in [-0.2, -0.15) is 0 Å². The lowest BCUT2D eigenvalue weighted by atomic mass is 10.1. The van der Waals surface area contributed by atoms with Gasteiger partial charge in [-0.1, -0.05) is 12.1 Å². The molecule has 18 heteroatoms. The van der Waals surface area contributed by atoms with Crippen molar-refractivity contribution >= 4 is 68.4 Å². The molecule has 0 bridgehead atoms. The van der Waals surface area contributed by atoms with E-state index in [4.69, 9.17) is 53.2 Å². The van der Waals surface area contributed by atoms with Crippen molar-refractivity contribution in [3.63, 3.8) is 0 Å². The molecule has 0 saturated carbocycles. The smallest absolute Gasteiger partial charge is 0.369 e. The average Bonchev–Trinajstić information content (AvgIpc) is 2.81. The summed E-state index contributed by atoms with van der Waals surface area (Å²) in [4.78, 5) is 62.3. The van der Waals surface area contributed by atoms with E-state index in [2.05, 4.69) is 5.32 Å². The van der Waals surface area contributed by atoms with Gasteiger partial charge in [-0.15, -0.1) is 35.6 Å². The number of unbranched alkanes of at least 4 members (excludes halogenated alkanes) is 1. The van der Waals surface area contributed by atoms with Crippen molar-refractivity contribution in [3.05, 3.63) is 29.8 Å². The molecular weight excluding hydrogens is 611 g/mol. The van der Waals surface area contributed by atoms with Gasteiger partial charge in [0.1, 0.15) is 6.04 Å². The molecule has 0 aliphatic rings. The number of carbonyl (C=O) groups is 2. The van der Waals surface area contributed by atoms with Crippen LogP contribution in [-0.2, 0) is 29.9 Å². The molecule has 0 saturated heterocycles. The van der Waals surface area contributed by atoms with E-state index in [-0.39, 0.29) is 38.2 Å². The maximum absolute atomic E-state index is 12.1. The van der Waals surface area contributed by atoms with Crippen molar-refractivity contribution in [1.82, 2.24) is 5.32 Å². The Bertz CT molecular complexity index is 950. The summed E-state index contributed by atoms with van der Waals surface area (Å²) >= 11 is 11.6. The van der Waals surface area contributed by atoms with Gasteiger partial charge in [-0.25, -0.2) is 0 Å². The number of anilines is 1. The first-order valence-electron chi connectivity index (χ1n) is 11.1. The SMILES string of the molecule is Cl.N[C@@H](Cc1ccc(N(CCCl)CCCl)cc1)C(=O)OCC(=O)NCCCCC(O)(P(=O)(O)O)P(=O)(O)O. The Kier molecular flexibility index (Phi) is 16.6. The number of hydrogen-bond acceptors (Lipinski definition) is 8. The Morgan fingerprint density at radius 3 is 2.03 bits per heavy atom. The first-order valence-corrected chi connectivity index (χ1v) is 15.4. The van der Waals surface area contributed by atoms with Gasteiger partial charge in [0, 0.05) is 37.1 Å². The lowest BCUT2D eigenvalue weighted by molar-refractivity contribution is -0.149. The van der Waals surface area contributed by atoms with Crippen LogP contribution < -0.4 is 16.0 Å². The lowest BCUT2D eigenvalue weighted by Gasteiger charge is -2.29. The summed E-state index contributed by atoms with van der Waals surface area (Å²) in [6, 6.07) is 6.33. The number of rotatable bonds is 17. The van der Waals surface area contributed by atoms with E-state index < -0.39 is 51.2 Å². The molecule has 0 spiro atoms. The Labute approximate surface area is 236 Å². The zero-order chi connectivity index (χ0) is 28.3. The first-order chi connectivity index (χ1) is 17.2. The molecule has 1 amide bonds. The van der Waals surface area contributed by atoms with Gasteiger partial charge in [0.05, 0.1) is 0 Å². The number of nitrogens with two attached hydrogens (primary N) is 1. The number of alkyl halides is 2. The summed E-state index contributed by atoms with van der Waals surface area (Å²) in [6.07, 6.45) is -0.899. The molecule has 1 aromatic rings. The van der Waals surface area contributed by atoms with Crippen LogP contribution in [-0.4, -0.2) is 85.7 Å². The van der Waals surface area contributed by atoms with Crippen LogP contribution in [0.1, 0.15) is 24.8 Å². The summed E-state index contributed by atoms with van der Waals surface area (Å²) in [5.41, 5.74) is 7.58. The van der Waals surface area contributed by atoms with Gasteiger partial charge >= 0.3 is 21.2 Å². The lowest BCUT2D eigenvalue weighted by Crippen LogP contribution is -2.37. The summed E-state index contributed by atoms with van der Waals surface area (Å²) < 4.78 is 27.5. The molecule has 1 aromatic carbocycles. The third kappa shape index (κ3) is 11.7. The van der Waals surface area contributed by atoms with Crippen LogP contribution >= 0.6 is 50.8 Å². The molecule has 220 valence electrons. The molecule has 1 atom stereocenters. The normalized spacial score (nSPS) is 12.8. The van der Waals surface area contributed by atoms with Crippen molar-refractivity contribution in [1.29, 1.82) is 0 Å². The quantitative estimate of drug-likeness (QED) is 0.0548. The molecule has 0 aliphatic heterocycles. The standard InChI is InChI=1S/C20H33Cl2N3O10P2.ClH/c21-8-11-25(12-9-22)16-5-3-15(4-6-16)13-17(23)19(27)35-14-18(26)24-10-2-1-7-20(28,36(29,30)31)37(32,33)34;/h3-6,17,28H,1-2,7-14,23H2,(H,24,26)(H2,29,30,31)(H2,32,33,34);1H/t17-;/m0./s1. The predicted octanol–water partition coefficient (Wildman–Crippen LogP) is 1.09. The number of esters is 1. The highest BCUT2D eigenvalue weighted by Crippen LogP contribution is 2.69. The predicted molar refractivity (Wildman–Crippen MR) is 146 cm³/mol. The Morgan fingerprint density at radius 2 is 1.55 bits per heavy atom. The largest absolute Gasteiger partial charge is 0.454 e. The van der Waals surface area contributed by atoms with Crippen LogP contribution in [0.15, 0.2) is 24.3 Å². The van der Waals surface area contributed by atoms with Crippen LogP contribution in [0.5, 0.6) is 0 Å². The summed E-state index contributed by atoms with van der Waals surface area (Å²) in [6.45, 7) is 0.582. The second-order valence-corrected chi connectivity index (χ2v) is 12.9. The number of nitrogens with one attached hydrogen (secondary N) is 1. The van der Waals surface area contributed by atoms with Crippen LogP contribution in [0.2, 0.25) is 0 Å². The number of carbonyl (C=O) groups excluding carboxylic acids is 2. The second-order valence-electron chi connectivity index (χ2n) is 8.12. The van der Waals surface area contributed by atoms with E-state index >= 15 is 0 Å². The molecule has 0 aromatic heterocycles. The molecule has 0 radical (unpaired) electrons. The van der Waals surface area contributed by atoms with Gasteiger partial charge in [-0.05, 0) is 43.4 Å². The van der Waals surface area contributed by atoms with Crippen LogP contribution in [0.25, 0.3) is 0 Å². The van der Waals surface area contributed by atoms with Crippen LogP contribution in [0.4, 0.5) is 5.69 Å². The molecule has 0 fully saturated rings. The molecule has 13 nitrogen and oxygen atoms in total. The topological polar surface area (TPSA) is 220 Å². The number of ether oxygens (including phenoxy) is 1. The molecule has 38 heavy (non-hydrogen) atoms. The van der Waals surface area contributed by atoms with Gasteiger partial charge in [-0.3, -0.25) is 18.7 Å². The number of aliphatic hydroxyl groups is 1. The number of hydrogen-bond donors (Lipinski definition) is 7. The number of halogens is 3. The maximum atomic E-state index is 12.1. The van der Waals surface area contributed by atoms with E-state index in [1.54, 1.807) is 0 Å². The van der Waals surface area contributed by atoms with E-state index in [0.29, 0.717) is 24.8 Å². The number of amides is 1. The fourth-order valence-corrected chi connectivity index (χ4v) is 5.89. The maximum Gasteiger partial charge on any atom is 0.369 e. The summed E-state index contributed by atoms with van der Waals surface area (Å²) in [7, 11) is -11.0. The van der Waals surface area contributed by atoms with Crippen LogP contribution in [0, 0.1) is 0 Å². The Morgan fingerprint density at radius 1 is 1.03 bits per heavy atom. The monoisotopic (exact) mass is 643 g/mol. The highest BCUT2D eigenvalue weighted by atomic mass is 35.5. The van der Waals surface area contributed by atoms with Crippen molar-refractivity contribution in [2.24, 2.45) is 5.73 Å². The van der Waals surface area contributed by atoms with Crippen molar-refractivity contribution in [3.8, 4) is 0 Å². The number of nitrogens with zero attached hydrogens (tertiary/aromatic N) is 1. The van der Waals surface area contributed by atoms with E-state index in [1.807, 2.05) is 29.2 Å². The Hall–Kier alpha value is -0.950. The van der Waals surface area contributed by atoms with Crippen molar-refractivity contribution < 1.29 is 48.1 Å². The first kappa shape index (κ1) is 37.0. The molecule has 8 N–H and O–H groups in total. The molecule has 0 heterocycles.